The lowest BCUT2D eigenvalue weighted by molar-refractivity contribution is -0.130. The number of rotatable bonds is 7. The van der Waals surface area contributed by atoms with Crippen molar-refractivity contribution in [1.82, 2.24) is 10.4 Å². The van der Waals surface area contributed by atoms with Gasteiger partial charge in [0, 0.05) is 6.54 Å². The predicted octanol–water partition coefficient (Wildman–Crippen LogP) is 0.138. The van der Waals surface area contributed by atoms with Crippen LogP contribution in [-0.4, -0.2) is 45.7 Å². The molecule has 1 aromatic rings. The topological polar surface area (TPSA) is 119 Å². The molecule has 0 heterocycles. The van der Waals surface area contributed by atoms with Crippen LogP contribution in [0.4, 0.5) is 0 Å². The first kappa shape index (κ1) is 16.6. The highest BCUT2D eigenvalue weighted by atomic mass is 31.2. The number of methoxy groups -OCH3 is 1. The SMILES string of the molecule is COc1ccc(CN(CC(=O)NO)CP(=O)(O)O)cc1. The van der Waals surface area contributed by atoms with Crippen molar-refractivity contribution in [2.45, 2.75) is 6.54 Å². The lowest BCUT2D eigenvalue weighted by Crippen LogP contribution is -2.36. The van der Waals surface area contributed by atoms with E-state index in [1.54, 1.807) is 24.3 Å². The van der Waals surface area contributed by atoms with Gasteiger partial charge in [0.05, 0.1) is 13.7 Å². The minimum atomic E-state index is -4.30. The summed E-state index contributed by atoms with van der Waals surface area (Å²) >= 11 is 0. The molecule has 112 valence electrons. The lowest BCUT2D eigenvalue weighted by Gasteiger charge is -2.21. The van der Waals surface area contributed by atoms with E-state index in [0.29, 0.717) is 5.75 Å². The van der Waals surface area contributed by atoms with Crippen LogP contribution in [0.3, 0.4) is 0 Å². The average molecular weight is 304 g/mol. The Hall–Kier alpha value is -1.44. The van der Waals surface area contributed by atoms with Crippen LogP contribution in [0, 0.1) is 0 Å². The van der Waals surface area contributed by atoms with Gasteiger partial charge in [-0.25, -0.2) is 5.48 Å². The van der Waals surface area contributed by atoms with Gasteiger partial charge in [-0.15, -0.1) is 0 Å². The summed E-state index contributed by atoms with van der Waals surface area (Å²) in [5.41, 5.74) is 2.19. The van der Waals surface area contributed by atoms with Crippen LogP contribution in [0.2, 0.25) is 0 Å². The normalized spacial score (nSPS) is 11.4. The molecule has 0 radical (unpaired) electrons. The largest absolute Gasteiger partial charge is 0.497 e. The van der Waals surface area contributed by atoms with Crippen LogP contribution in [0.1, 0.15) is 5.56 Å². The van der Waals surface area contributed by atoms with Crippen LogP contribution in [0.15, 0.2) is 24.3 Å². The van der Waals surface area contributed by atoms with Crippen molar-refractivity contribution in [2.75, 3.05) is 19.9 Å². The molecule has 0 fully saturated rings. The first-order valence-corrected chi connectivity index (χ1v) is 7.46. The molecule has 0 bridgehead atoms. The monoisotopic (exact) mass is 304 g/mol. The summed E-state index contributed by atoms with van der Waals surface area (Å²) in [6.45, 7) is -0.170. The Bertz CT molecular complexity index is 486. The summed E-state index contributed by atoms with van der Waals surface area (Å²) in [6.07, 6.45) is -0.577. The molecule has 0 spiro atoms. The number of hydrogen-bond acceptors (Lipinski definition) is 5. The van der Waals surface area contributed by atoms with E-state index in [-0.39, 0.29) is 13.1 Å². The first-order valence-electron chi connectivity index (χ1n) is 5.67. The van der Waals surface area contributed by atoms with E-state index < -0.39 is 19.8 Å². The highest BCUT2D eigenvalue weighted by Gasteiger charge is 2.21. The highest BCUT2D eigenvalue weighted by molar-refractivity contribution is 7.51. The minimum absolute atomic E-state index is 0.155. The Morgan fingerprint density at radius 2 is 1.95 bits per heavy atom. The lowest BCUT2D eigenvalue weighted by atomic mass is 10.2. The molecule has 0 aliphatic carbocycles. The summed E-state index contributed by atoms with van der Waals surface area (Å²) in [6, 6.07) is 6.86. The van der Waals surface area contributed by atoms with E-state index in [1.165, 1.54) is 17.5 Å². The molecule has 0 saturated heterocycles. The van der Waals surface area contributed by atoms with E-state index in [9.17, 15) is 9.36 Å². The van der Waals surface area contributed by atoms with Crippen LogP contribution in [0.25, 0.3) is 0 Å². The summed E-state index contributed by atoms with van der Waals surface area (Å²) in [7, 11) is -2.77. The van der Waals surface area contributed by atoms with Crippen molar-refractivity contribution in [3.63, 3.8) is 0 Å². The van der Waals surface area contributed by atoms with Crippen molar-refractivity contribution >= 4 is 13.5 Å². The van der Waals surface area contributed by atoms with Gasteiger partial charge in [0.1, 0.15) is 12.0 Å². The zero-order chi connectivity index (χ0) is 15.2. The van der Waals surface area contributed by atoms with Crippen molar-refractivity contribution in [2.24, 2.45) is 0 Å². The summed E-state index contributed by atoms with van der Waals surface area (Å²) in [4.78, 5) is 30.3. The van der Waals surface area contributed by atoms with E-state index in [4.69, 9.17) is 19.7 Å². The fraction of sp³-hybridized carbons (Fsp3) is 0.364. The van der Waals surface area contributed by atoms with Crippen molar-refractivity contribution < 1.29 is 29.1 Å². The Morgan fingerprint density at radius 3 is 2.40 bits per heavy atom. The molecular weight excluding hydrogens is 287 g/mol. The third-order valence-corrected chi connectivity index (χ3v) is 3.21. The number of ether oxygens (including phenoxy) is 1. The van der Waals surface area contributed by atoms with Gasteiger partial charge in [0.2, 0.25) is 0 Å². The molecule has 1 rings (SSSR count). The van der Waals surface area contributed by atoms with Gasteiger partial charge >= 0.3 is 7.60 Å². The van der Waals surface area contributed by atoms with Gasteiger partial charge in [-0.1, -0.05) is 12.1 Å². The second-order valence-corrected chi connectivity index (χ2v) is 5.79. The summed E-state index contributed by atoms with van der Waals surface area (Å²) < 4.78 is 16.0. The minimum Gasteiger partial charge on any atom is -0.497 e. The molecule has 1 aromatic carbocycles. The zero-order valence-corrected chi connectivity index (χ0v) is 11.8. The molecule has 0 aliphatic rings. The van der Waals surface area contributed by atoms with E-state index >= 15 is 0 Å². The number of nitrogens with one attached hydrogen (secondary N) is 1. The first-order chi connectivity index (χ1) is 9.34. The summed E-state index contributed by atoms with van der Waals surface area (Å²) in [5.74, 6) is -0.0876. The molecule has 0 aromatic heterocycles. The van der Waals surface area contributed by atoms with Gasteiger partial charge in [-0.3, -0.25) is 19.5 Å². The molecule has 8 nitrogen and oxygen atoms in total. The standard InChI is InChI=1S/C11H17N2O6P/c1-19-10-4-2-9(3-5-10)6-13(7-11(14)12-15)8-20(16,17)18/h2-5,15H,6-8H2,1H3,(H,12,14)(H2,16,17,18). The van der Waals surface area contributed by atoms with E-state index in [0.717, 1.165) is 5.56 Å². The molecule has 0 saturated carbocycles. The van der Waals surface area contributed by atoms with Gasteiger partial charge < -0.3 is 14.5 Å². The van der Waals surface area contributed by atoms with Gasteiger partial charge in [0.25, 0.3) is 5.91 Å². The van der Waals surface area contributed by atoms with Crippen LogP contribution < -0.4 is 10.2 Å². The van der Waals surface area contributed by atoms with Crippen LogP contribution >= 0.6 is 7.60 Å². The Balaban J connectivity index is 2.76. The number of carbonyl (C=O) groups excluding carboxylic acids is 1. The zero-order valence-electron chi connectivity index (χ0n) is 10.9. The number of nitrogens with zero attached hydrogens (tertiary/aromatic N) is 1. The molecule has 1 amide bonds. The number of carbonyl (C=O) groups is 1. The maximum atomic E-state index is 11.1. The van der Waals surface area contributed by atoms with Crippen molar-refractivity contribution in [1.29, 1.82) is 0 Å². The quantitative estimate of drug-likeness (QED) is 0.321. The second-order valence-electron chi connectivity index (χ2n) is 4.18. The molecule has 4 N–H and O–H groups in total. The smallest absolute Gasteiger partial charge is 0.339 e. The molecule has 0 unspecified atom stereocenters. The third kappa shape index (κ3) is 6.14. The van der Waals surface area contributed by atoms with Crippen LogP contribution in [0.5, 0.6) is 5.75 Å². The van der Waals surface area contributed by atoms with E-state index in [1.807, 2.05) is 0 Å². The fourth-order valence-electron chi connectivity index (χ4n) is 1.64. The Morgan fingerprint density at radius 1 is 1.35 bits per heavy atom. The Kier molecular flexibility index (Phi) is 6.12. The number of hydrogen-bond donors (Lipinski definition) is 4. The molecule has 0 atom stereocenters. The molecule has 9 heteroatoms. The molecule has 0 aliphatic heterocycles. The Labute approximate surface area is 116 Å². The number of benzene rings is 1. The predicted molar refractivity (Wildman–Crippen MR) is 70.2 cm³/mol. The van der Waals surface area contributed by atoms with Crippen molar-refractivity contribution in [3.8, 4) is 5.75 Å². The van der Waals surface area contributed by atoms with Gasteiger partial charge in [-0.2, -0.15) is 0 Å². The summed E-state index contributed by atoms with van der Waals surface area (Å²) in [5, 5.41) is 8.48. The van der Waals surface area contributed by atoms with Gasteiger partial charge in [-0.05, 0) is 17.7 Å². The van der Waals surface area contributed by atoms with Gasteiger partial charge in [0.15, 0.2) is 0 Å². The second kappa shape index (κ2) is 7.37. The number of hydroxylamine groups is 1. The highest BCUT2D eigenvalue weighted by Crippen LogP contribution is 2.35. The third-order valence-electron chi connectivity index (χ3n) is 2.44. The van der Waals surface area contributed by atoms with E-state index in [2.05, 4.69) is 0 Å². The maximum absolute atomic E-state index is 11.1. The molecular formula is C11H17N2O6P. The number of amides is 1. The van der Waals surface area contributed by atoms with Crippen LogP contribution in [-0.2, 0) is 15.9 Å². The fourth-order valence-corrected chi connectivity index (χ4v) is 2.37. The maximum Gasteiger partial charge on any atom is 0.339 e. The molecule has 20 heavy (non-hydrogen) atoms. The average Bonchev–Trinajstić information content (AvgIpc) is 2.37. The van der Waals surface area contributed by atoms with Crippen molar-refractivity contribution in [3.05, 3.63) is 29.8 Å².